The lowest BCUT2D eigenvalue weighted by atomic mass is 10.2. The van der Waals surface area contributed by atoms with Gasteiger partial charge in [0.2, 0.25) is 0 Å². The zero-order valence-electron chi connectivity index (χ0n) is 8.20. The number of hydrogen-bond donors (Lipinski definition) is 1. The predicted molar refractivity (Wildman–Crippen MR) is 55.1 cm³/mol. The fourth-order valence-corrected chi connectivity index (χ4v) is 2.63. The lowest BCUT2D eigenvalue weighted by molar-refractivity contribution is 0.200. The van der Waals surface area contributed by atoms with E-state index in [1.165, 1.54) is 12.8 Å². The highest BCUT2D eigenvalue weighted by Crippen LogP contribution is 2.31. The third-order valence-electron chi connectivity index (χ3n) is 2.33. The van der Waals surface area contributed by atoms with Crippen LogP contribution in [0.2, 0.25) is 0 Å². The highest BCUT2D eigenvalue weighted by Gasteiger charge is 2.29. The van der Waals surface area contributed by atoms with Crippen LogP contribution in [0.25, 0.3) is 0 Å². The van der Waals surface area contributed by atoms with Crippen molar-refractivity contribution in [1.29, 1.82) is 0 Å². The molecule has 0 spiro atoms. The van der Waals surface area contributed by atoms with Crippen molar-refractivity contribution in [2.75, 3.05) is 25.2 Å². The van der Waals surface area contributed by atoms with Crippen LogP contribution in [-0.2, 0) is 15.5 Å². The van der Waals surface area contributed by atoms with Gasteiger partial charge in [-0.3, -0.25) is 4.21 Å². The van der Waals surface area contributed by atoms with E-state index in [9.17, 15) is 4.21 Å². The number of hydrogen-bond acceptors (Lipinski definition) is 3. The molecule has 0 heterocycles. The second-order valence-corrected chi connectivity index (χ2v) is 5.28. The normalized spacial score (nSPS) is 21.4. The Morgan fingerprint density at radius 3 is 2.85 bits per heavy atom. The van der Waals surface area contributed by atoms with Crippen molar-refractivity contribution in [3.05, 3.63) is 0 Å². The lowest BCUT2D eigenvalue weighted by Gasteiger charge is -2.09. The van der Waals surface area contributed by atoms with Crippen molar-refractivity contribution in [3.8, 4) is 0 Å². The standard InChI is InChI=1S/C9H19NO2S/c1-12-5-2-6-13(11)7-9(10)8-3-4-8/h8-9H,2-7,10H2,1H3. The van der Waals surface area contributed by atoms with E-state index < -0.39 is 10.8 Å². The number of ether oxygens (including phenoxy) is 1. The summed E-state index contributed by atoms with van der Waals surface area (Å²) in [6.07, 6.45) is 3.34. The molecule has 2 unspecified atom stereocenters. The minimum absolute atomic E-state index is 0.170. The summed E-state index contributed by atoms with van der Waals surface area (Å²) in [5, 5.41) is 0. The molecule has 13 heavy (non-hydrogen) atoms. The van der Waals surface area contributed by atoms with Crippen LogP contribution < -0.4 is 5.73 Å². The molecule has 0 aromatic rings. The zero-order chi connectivity index (χ0) is 9.68. The summed E-state index contributed by atoms with van der Waals surface area (Å²) in [6, 6.07) is 0.170. The highest BCUT2D eigenvalue weighted by molar-refractivity contribution is 7.85. The Bertz CT molecular complexity index is 171. The van der Waals surface area contributed by atoms with Crippen LogP contribution in [-0.4, -0.2) is 35.5 Å². The Labute approximate surface area is 82.5 Å². The van der Waals surface area contributed by atoms with E-state index in [0.717, 1.165) is 12.2 Å². The molecule has 0 aliphatic heterocycles. The molecular formula is C9H19NO2S. The van der Waals surface area contributed by atoms with Crippen LogP contribution in [0, 0.1) is 5.92 Å². The first-order valence-electron chi connectivity index (χ1n) is 4.83. The number of nitrogens with two attached hydrogens (primary N) is 1. The summed E-state index contributed by atoms with van der Waals surface area (Å²) in [6.45, 7) is 0.699. The van der Waals surface area contributed by atoms with Gasteiger partial charge in [-0.2, -0.15) is 0 Å². The average molecular weight is 205 g/mol. The quantitative estimate of drug-likeness (QED) is 0.616. The Morgan fingerprint density at radius 2 is 2.31 bits per heavy atom. The third-order valence-corrected chi connectivity index (χ3v) is 3.83. The smallest absolute Gasteiger partial charge is 0.0471 e. The van der Waals surface area contributed by atoms with Gasteiger partial charge in [0.15, 0.2) is 0 Å². The summed E-state index contributed by atoms with van der Waals surface area (Å²) >= 11 is 0. The van der Waals surface area contributed by atoms with Gasteiger partial charge in [0.1, 0.15) is 0 Å². The Balaban J connectivity index is 2.02. The Kier molecular flexibility index (Phi) is 4.91. The predicted octanol–water partition coefficient (Wildman–Crippen LogP) is 0.509. The molecule has 3 nitrogen and oxygen atoms in total. The monoisotopic (exact) mass is 205 g/mol. The third kappa shape index (κ3) is 4.74. The first-order chi connectivity index (χ1) is 6.24. The molecule has 1 saturated carbocycles. The molecule has 2 atom stereocenters. The van der Waals surface area contributed by atoms with Gasteiger partial charge in [-0.1, -0.05) is 0 Å². The van der Waals surface area contributed by atoms with Gasteiger partial charge in [0.25, 0.3) is 0 Å². The van der Waals surface area contributed by atoms with Gasteiger partial charge in [0.05, 0.1) is 0 Å². The van der Waals surface area contributed by atoms with Crippen LogP contribution in [0.4, 0.5) is 0 Å². The summed E-state index contributed by atoms with van der Waals surface area (Å²) in [4.78, 5) is 0. The number of rotatable bonds is 7. The summed E-state index contributed by atoms with van der Waals surface area (Å²) < 4.78 is 16.3. The summed E-state index contributed by atoms with van der Waals surface area (Å²) in [5.41, 5.74) is 5.86. The molecule has 1 rings (SSSR count). The lowest BCUT2D eigenvalue weighted by Crippen LogP contribution is -2.30. The second kappa shape index (κ2) is 5.73. The van der Waals surface area contributed by atoms with Gasteiger partial charge in [0, 0.05) is 42.1 Å². The summed E-state index contributed by atoms with van der Waals surface area (Å²) in [7, 11) is 0.928. The molecule has 0 bridgehead atoms. The van der Waals surface area contributed by atoms with Crippen LogP contribution in [0.15, 0.2) is 0 Å². The maximum absolute atomic E-state index is 11.4. The van der Waals surface area contributed by atoms with E-state index in [0.29, 0.717) is 18.3 Å². The molecule has 0 radical (unpaired) electrons. The molecule has 1 aliphatic carbocycles. The van der Waals surface area contributed by atoms with Crippen LogP contribution >= 0.6 is 0 Å². The molecule has 0 aromatic heterocycles. The molecule has 0 saturated heterocycles. The minimum Gasteiger partial charge on any atom is -0.385 e. The van der Waals surface area contributed by atoms with Crippen molar-refractivity contribution in [1.82, 2.24) is 0 Å². The van der Waals surface area contributed by atoms with E-state index >= 15 is 0 Å². The fraction of sp³-hybridized carbons (Fsp3) is 1.00. The highest BCUT2D eigenvalue weighted by atomic mass is 32.2. The molecule has 0 amide bonds. The molecular weight excluding hydrogens is 186 g/mol. The second-order valence-electron chi connectivity index (χ2n) is 3.66. The first-order valence-corrected chi connectivity index (χ1v) is 6.32. The van der Waals surface area contributed by atoms with Crippen LogP contribution in [0.5, 0.6) is 0 Å². The molecule has 1 fully saturated rings. The first kappa shape index (κ1) is 11.1. The molecule has 2 N–H and O–H groups in total. The molecule has 1 aliphatic rings. The van der Waals surface area contributed by atoms with Crippen molar-refractivity contribution in [2.24, 2.45) is 11.7 Å². The topological polar surface area (TPSA) is 52.3 Å². The SMILES string of the molecule is COCCCS(=O)CC(N)C1CC1. The maximum Gasteiger partial charge on any atom is 0.0471 e. The van der Waals surface area contributed by atoms with Gasteiger partial charge < -0.3 is 10.5 Å². The van der Waals surface area contributed by atoms with Crippen molar-refractivity contribution >= 4 is 10.8 Å². The van der Waals surface area contributed by atoms with E-state index in [-0.39, 0.29) is 6.04 Å². The zero-order valence-corrected chi connectivity index (χ0v) is 9.02. The molecule has 0 aromatic carbocycles. The van der Waals surface area contributed by atoms with Gasteiger partial charge in [-0.15, -0.1) is 0 Å². The fourth-order valence-electron chi connectivity index (χ4n) is 1.32. The number of methoxy groups -OCH3 is 1. The van der Waals surface area contributed by atoms with Crippen LogP contribution in [0.3, 0.4) is 0 Å². The van der Waals surface area contributed by atoms with Crippen molar-refractivity contribution in [2.45, 2.75) is 25.3 Å². The molecule has 4 heteroatoms. The average Bonchev–Trinajstić information content (AvgIpc) is 2.86. The van der Waals surface area contributed by atoms with E-state index in [1.54, 1.807) is 7.11 Å². The minimum atomic E-state index is -0.737. The van der Waals surface area contributed by atoms with E-state index in [1.807, 2.05) is 0 Å². The van der Waals surface area contributed by atoms with Crippen LogP contribution in [0.1, 0.15) is 19.3 Å². The Morgan fingerprint density at radius 1 is 1.62 bits per heavy atom. The summed E-state index contributed by atoms with van der Waals surface area (Å²) in [5.74, 6) is 2.06. The van der Waals surface area contributed by atoms with E-state index in [4.69, 9.17) is 10.5 Å². The van der Waals surface area contributed by atoms with Gasteiger partial charge in [-0.05, 0) is 25.2 Å². The van der Waals surface area contributed by atoms with Gasteiger partial charge >= 0.3 is 0 Å². The largest absolute Gasteiger partial charge is 0.385 e. The Hall–Kier alpha value is 0.0700. The van der Waals surface area contributed by atoms with Gasteiger partial charge in [-0.25, -0.2) is 0 Å². The maximum atomic E-state index is 11.4. The van der Waals surface area contributed by atoms with E-state index in [2.05, 4.69) is 0 Å². The molecule has 78 valence electrons. The van der Waals surface area contributed by atoms with Crippen molar-refractivity contribution in [3.63, 3.8) is 0 Å². The van der Waals surface area contributed by atoms with Crippen molar-refractivity contribution < 1.29 is 8.95 Å².